The highest BCUT2D eigenvalue weighted by Gasteiger charge is 2.15. The lowest BCUT2D eigenvalue weighted by Crippen LogP contribution is -2.21. The molecule has 0 aliphatic carbocycles. The van der Waals surface area contributed by atoms with Crippen LogP contribution in [0.2, 0.25) is 0 Å². The second-order valence-electron chi connectivity index (χ2n) is 4.93. The fraction of sp³-hybridized carbons (Fsp3) is 0.692. The average Bonchev–Trinajstić information content (AvgIpc) is 2.90. The molecule has 0 radical (unpaired) electrons. The van der Waals surface area contributed by atoms with Crippen molar-refractivity contribution >= 4 is 11.6 Å². The second-order valence-corrected chi connectivity index (χ2v) is 4.93. The Labute approximate surface area is 114 Å². The van der Waals surface area contributed by atoms with Gasteiger partial charge in [-0.25, -0.2) is 9.97 Å². The molecule has 2 atom stereocenters. The predicted molar refractivity (Wildman–Crippen MR) is 76.3 cm³/mol. The molecule has 1 saturated heterocycles. The lowest BCUT2D eigenvalue weighted by atomic mass is 10.2. The maximum Gasteiger partial charge on any atom is 0.131 e. The predicted octanol–water partition coefficient (Wildman–Crippen LogP) is 1.22. The van der Waals surface area contributed by atoms with Gasteiger partial charge in [0.2, 0.25) is 0 Å². The van der Waals surface area contributed by atoms with E-state index in [1.807, 2.05) is 6.07 Å². The van der Waals surface area contributed by atoms with Crippen molar-refractivity contribution in [2.75, 3.05) is 30.3 Å². The Morgan fingerprint density at radius 2 is 2.32 bits per heavy atom. The molecule has 6 nitrogen and oxygen atoms in total. The van der Waals surface area contributed by atoms with Gasteiger partial charge < -0.3 is 21.1 Å². The zero-order chi connectivity index (χ0) is 13.5. The molecular formula is C13H23N5O. The highest BCUT2D eigenvalue weighted by Crippen LogP contribution is 2.14. The zero-order valence-corrected chi connectivity index (χ0v) is 11.4. The third-order valence-electron chi connectivity index (χ3n) is 3.20. The van der Waals surface area contributed by atoms with Crippen LogP contribution in [-0.4, -0.2) is 41.8 Å². The van der Waals surface area contributed by atoms with Crippen molar-refractivity contribution in [1.29, 1.82) is 0 Å². The van der Waals surface area contributed by atoms with Crippen LogP contribution in [-0.2, 0) is 4.74 Å². The molecule has 1 fully saturated rings. The summed E-state index contributed by atoms with van der Waals surface area (Å²) in [6, 6.07) is 2.23. The van der Waals surface area contributed by atoms with Gasteiger partial charge in [0.25, 0.3) is 0 Å². The van der Waals surface area contributed by atoms with Crippen molar-refractivity contribution in [1.82, 2.24) is 9.97 Å². The summed E-state index contributed by atoms with van der Waals surface area (Å²) in [6.45, 7) is 4.44. The number of nitrogens with two attached hydrogens (primary N) is 1. The van der Waals surface area contributed by atoms with Crippen molar-refractivity contribution in [2.24, 2.45) is 5.73 Å². The number of ether oxygens (including phenoxy) is 1. The number of hydrogen-bond acceptors (Lipinski definition) is 6. The molecule has 2 unspecified atom stereocenters. The van der Waals surface area contributed by atoms with E-state index in [1.54, 1.807) is 6.33 Å². The van der Waals surface area contributed by atoms with Crippen LogP contribution in [0.15, 0.2) is 12.4 Å². The molecule has 19 heavy (non-hydrogen) atoms. The maximum atomic E-state index is 5.57. The summed E-state index contributed by atoms with van der Waals surface area (Å²) in [4.78, 5) is 8.42. The fourth-order valence-electron chi connectivity index (χ4n) is 2.13. The lowest BCUT2D eigenvalue weighted by Gasteiger charge is -2.15. The first-order chi connectivity index (χ1) is 9.28. The molecule has 0 aromatic carbocycles. The van der Waals surface area contributed by atoms with Gasteiger partial charge in [0, 0.05) is 25.3 Å². The highest BCUT2D eigenvalue weighted by atomic mass is 16.5. The summed E-state index contributed by atoms with van der Waals surface area (Å²) in [7, 11) is 0. The molecule has 0 bridgehead atoms. The summed E-state index contributed by atoms with van der Waals surface area (Å²) in [5, 5.41) is 6.60. The van der Waals surface area contributed by atoms with E-state index in [0.29, 0.717) is 18.7 Å². The number of hydrogen-bond donors (Lipinski definition) is 3. The van der Waals surface area contributed by atoms with Crippen molar-refractivity contribution in [3.63, 3.8) is 0 Å². The van der Waals surface area contributed by atoms with Crippen LogP contribution in [0.1, 0.15) is 26.2 Å². The molecule has 0 spiro atoms. The smallest absolute Gasteiger partial charge is 0.131 e. The number of aromatic nitrogens is 2. The fourth-order valence-corrected chi connectivity index (χ4v) is 2.13. The van der Waals surface area contributed by atoms with Crippen LogP contribution < -0.4 is 16.4 Å². The Morgan fingerprint density at radius 3 is 3.05 bits per heavy atom. The molecule has 1 aliphatic rings. The number of nitrogens with one attached hydrogen (secondary N) is 2. The maximum absolute atomic E-state index is 5.57. The minimum atomic E-state index is 0.308. The van der Waals surface area contributed by atoms with E-state index in [1.165, 1.54) is 0 Å². The third kappa shape index (κ3) is 4.65. The molecular weight excluding hydrogens is 242 g/mol. The summed E-state index contributed by atoms with van der Waals surface area (Å²) in [6.07, 6.45) is 5.07. The molecule has 1 aliphatic heterocycles. The van der Waals surface area contributed by atoms with E-state index in [-0.39, 0.29) is 0 Å². The summed E-state index contributed by atoms with van der Waals surface area (Å²) in [5.41, 5.74) is 5.53. The third-order valence-corrected chi connectivity index (χ3v) is 3.20. The summed E-state index contributed by atoms with van der Waals surface area (Å²) >= 11 is 0. The van der Waals surface area contributed by atoms with E-state index in [4.69, 9.17) is 10.5 Å². The largest absolute Gasteiger partial charge is 0.376 e. The van der Waals surface area contributed by atoms with Crippen molar-refractivity contribution < 1.29 is 4.74 Å². The van der Waals surface area contributed by atoms with Gasteiger partial charge >= 0.3 is 0 Å². The standard InChI is InChI=1S/C13H23N5O/c1-10(4-5-14)18-13-7-12(16-9-17-13)15-8-11-3-2-6-19-11/h7,9-11H,2-6,8,14H2,1H3,(H2,15,16,17,18). The van der Waals surface area contributed by atoms with E-state index in [0.717, 1.165) is 44.0 Å². The van der Waals surface area contributed by atoms with Crippen LogP contribution in [0.4, 0.5) is 11.6 Å². The Morgan fingerprint density at radius 1 is 1.47 bits per heavy atom. The number of nitrogens with zero attached hydrogens (tertiary/aromatic N) is 2. The molecule has 106 valence electrons. The molecule has 0 amide bonds. The van der Waals surface area contributed by atoms with Gasteiger partial charge in [-0.3, -0.25) is 0 Å². The van der Waals surface area contributed by atoms with Crippen molar-refractivity contribution in [3.8, 4) is 0 Å². The van der Waals surface area contributed by atoms with Crippen LogP contribution >= 0.6 is 0 Å². The molecule has 1 aromatic heterocycles. The van der Waals surface area contributed by atoms with Crippen LogP contribution in [0.3, 0.4) is 0 Å². The van der Waals surface area contributed by atoms with Crippen LogP contribution in [0.5, 0.6) is 0 Å². The first-order valence-corrected chi connectivity index (χ1v) is 6.92. The average molecular weight is 265 g/mol. The topological polar surface area (TPSA) is 85.1 Å². The highest BCUT2D eigenvalue weighted by molar-refractivity contribution is 5.46. The molecule has 2 heterocycles. The van der Waals surface area contributed by atoms with Gasteiger partial charge in [0.15, 0.2) is 0 Å². The Bertz CT molecular complexity index is 381. The molecule has 2 rings (SSSR count). The van der Waals surface area contributed by atoms with Crippen LogP contribution in [0.25, 0.3) is 0 Å². The first kappa shape index (κ1) is 14.0. The van der Waals surface area contributed by atoms with Gasteiger partial charge in [0.1, 0.15) is 18.0 Å². The Balaban J connectivity index is 1.83. The zero-order valence-electron chi connectivity index (χ0n) is 11.4. The SMILES string of the molecule is CC(CCN)Nc1cc(NCC2CCCO2)ncn1. The van der Waals surface area contributed by atoms with Gasteiger partial charge in [-0.15, -0.1) is 0 Å². The van der Waals surface area contributed by atoms with Gasteiger partial charge in [-0.1, -0.05) is 0 Å². The monoisotopic (exact) mass is 265 g/mol. The Hall–Kier alpha value is -1.40. The second kappa shape index (κ2) is 7.25. The molecule has 0 saturated carbocycles. The van der Waals surface area contributed by atoms with E-state index < -0.39 is 0 Å². The quantitative estimate of drug-likeness (QED) is 0.687. The summed E-state index contributed by atoms with van der Waals surface area (Å²) < 4.78 is 5.57. The van der Waals surface area contributed by atoms with E-state index in [9.17, 15) is 0 Å². The van der Waals surface area contributed by atoms with E-state index >= 15 is 0 Å². The Kier molecular flexibility index (Phi) is 5.35. The number of rotatable bonds is 7. The lowest BCUT2D eigenvalue weighted by molar-refractivity contribution is 0.120. The molecule has 1 aromatic rings. The first-order valence-electron chi connectivity index (χ1n) is 6.92. The van der Waals surface area contributed by atoms with Gasteiger partial charge in [-0.2, -0.15) is 0 Å². The minimum absolute atomic E-state index is 0.308. The van der Waals surface area contributed by atoms with Gasteiger partial charge in [0.05, 0.1) is 6.10 Å². The molecule has 4 N–H and O–H groups in total. The minimum Gasteiger partial charge on any atom is -0.376 e. The van der Waals surface area contributed by atoms with Crippen molar-refractivity contribution in [3.05, 3.63) is 12.4 Å². The van der Waals surface area contributed by atoms with Crippen molar-refractivity contribution in [2.45, 2.75) is 38.3 Å². The van der Waals surface area contributed by atoms with Crippen LogP contribution in [0, 0.1) is 0 Å². The molecule has 6 heteroatoms. The summed E-state index contributed by atoms with van der Waals surface area (Å²) in [5.74, 6) is 1.65. The number of anilines is 2. The van der Waals surface area contributed by atoms with Gasteiger partial charge in [-0.05, 0) is 32.7 Å². The normalized spacial score (nSPS) is 20.2. The van der Waals surface area contributed by atoms with E-state index in [2.05, 4.69) is 27.5 Å².